The third kappa shape index (κ3) is 2.89. The summed E-state index contributed by atoms with van der Waals surface area (Å²) in [5, 5.41) is 6.24. The Balaban J connectivity index is 3.16. The van der Waals surface area contributed by atoms with Gasteiger partial charge >= 0.3 is 20.3 Å². The largest absolute Gasteiger partial charge is 0.373 e. The molecule has 0 aromatic carbocycles. The summed E-state index contributed by atoms with van der Waals surface area (Å²) < 4.78 is 24.9. The van der Waals surface area contributed by atoms with Crippen molar-refractivity contribution in [2.24, 2.45) is 0 Å². The fourth-order valence-electron chi connectivity index (χ4n) is 1.32. The fourth-order valence-corrected chi connectivity index (χ4v) is 3.37. The average Bonchev–Trinajstić information content (AvgIpc) is 2.62. The quantitative estimate of drug-likeness (QED) is 0.339. The van der Waals surface area contributed by atoms with Crippen molar-refractivity contribution in [2.45, 2.75) is 25.1 Å². The van der Waals surface area contributed by atoms with Gasteiger partial charge in [-0.25, -0.2) is 9.13 Å². The van der Waals surface area contributed by atoms with E-state index in [1.807, 2.05) is 6.92 Å². The maximum absolute atomic E-state index is 11.1. The van der Waals surface area contributed by atoms with Gasteiger partial charge in [0.05, 0.1) is 6.54 Å². The van der Waals surface area contributed by atoms with Crippen LogP contribution in [0, 0.1) is 0 Å². The zero-order valence-electron chi connectivity index (χ0n) is 9.49. The second-order valence-corrected chi connectivity index (χ2v) is 7.79. The molecule has 0 bridgehead atoms. The van der Waals surface area contributed by atoms with Gasteiger partial charge in [-0.15, -0.1) is 0 Å². The Labute approximate surface area is 103 Å². The molecule has 0 unspecified atom stereocenters. The van der Waals surface area contributed by atoms with E-state index in [2.05, 4.69) is 0 Å². The molecule has 0 aliphatic carbocycles. The highest BCUT2D eigenvalue weighted by Gasteiger charge is 2.61. The number of hydrogen-bond donors (Lipinski definition) is 5. The highest BCUT2D eigenvalue weighted by molar-refractivity contribution is 7.72. The summed E-state index contributed by atoms with van der Waals surface area (Å²) in [7, 11) is -10.8. The number of nitrogens with zero attached hydrogens (tertiary/aromatic N) is 2. The summed E-state index contributed by atoms with van der Waals surface area (Å²) in [4.78, 5) is 35.8. The Bertz CT molecular complexity index is 494. The zero-order chi connectivity index (χ0) is 14.2. The molecule has 18 heavy (non-hydrogen) atoms. The number of hydrogen-bond acceptors (Lipinski definition) is 3. The molecule has 1 aromatic heterocycles. The van der Waals surface area contributed by atoms with Gasteiger partial charge < -0.3 is 24.7 Å². The zero-order valence-corrected chi connectivity index (χ0v) is 11.3. The molecule has 1 heterocycles. The van der Waals surface area contributed by atoms with Crippen LogP contribution < -0.4 is 4.57 Å². The van der Waals surface area contributed by atoms with Crippen LogP contribution in [0.15, 0.2) is 18.7 Å². The molecule has 1 aromatic rings. The van der Waals surface area contributed by atoms with Crippen molar-refractivity contribution in [3.05, 3.63) is 18.7 Å². The third-order valence-electron chi connectivity index (χ3n) is 2.44. The van der Waals surface area contributed by atoms with Gasteiger partial charge in [0.15, 0.2) is 0 Å². The summed E-state index contributed by atoms with van der Waals surface area (Å²) in [6, 6.07) is 0. The van der Waals surface area contributed by atoms with Crippen molar-refractivity contribution < 1.29 is 38.4 Å². The Kier molecular flexibility index (Phi) is 4.19. The molecule has 0 fully saturated rings. The number of imidazole rings is 1. The van der Waals surface area contributed by atoms with Gasteiger partial charge in [-0.2, -0.15) is 0 Å². The van der Waals surface area contributed by atoms with E-state index in [4.69, 9.17) is 19.6 Å². The Hall–Kier alpha value is -0.530. The second kappa shape index (κ2) is 4.86. The van der Waals surface area contributed by atoms with Crippen molar-refractivity contribution in [2.75, 3.05) is 0 Å². The summed E-state index contributed by atoms with van der Waals surface area (Å²) in [6.45, 7) is 1.47. The van der Waals surface area contributed by atoms with Gasteiger partial charge in [0, 0.05) is 0 Å². The molecule has 0 saturated carbocycles. The van der Waals surface area contributed by atoms with Crippen LogP contribution in [-0.4, -0.2) is 34.3 Å². The Morgan fingerprint density at radius 2 is 1.72 bits per heavy atom. The molecule has 0 aliphatic rings. The van der Waals surface area contributed by atoms with Crippen LogP contribution in [0.5, 0.6) is 0 Å². The number of aryl methyl sites for hydroxylation is 1. The Morgan fingerprint density at radius 1 is 1.22 bits per heavy atom. The van der Waals surface area contributed by atoms with E-state index in [0.29, 0.717) is 6.54 Å². The van der Waals surface area contributed by atoms with E-state index in [-0.39, 0.29) is 0 Å². The molecule has 9 nitrogen and oxygen atoms in total. The molecule has 0 saturated heterocycles. The van der Waals surface area contributed by atoms with E-state index < -0.39 is 26.8 Å². The summed E-state index contributed by atoms with van der Waals surface area (Å²) in [6.07, 6.45) is 4.26. The molecule has 0 radical (unpaired) electrons. The molecular formula is C7H15N2O7P2+. The maximum atomic E-state index is 11.1. The SMILES string of the molecule is CC[n+]1ccn(CC(O)(P(=O)(O)O)P(=O)(O)O)c1. The van der Waals surface area contributed by atoms with Crippen LogP contribution in [0.4, 0.5) is 0 Å². The van der Waals surface area contributed by atoms with Gasteiger partial charge in [0.25, 0.3) is 0 Å². The van der Waals surface area contributed by atoms with E-state index >= 15 is 0 Å². The molecule has 11 heteroatoms. The van der Waals surface area contributed by atoms with Gasteiger partial charge in [-0.1, -0.05) is 0 Å². The average molecular weight is 301 g/mol. The van der Waals surface area contributed by atoms with E-state index in [1.165, 1.54) is 12.5 Å². The highest BCUT2D eigenvalue weighted by atomic mass is 31.2. The van der Waals surface area contributed by atoms with E-state index in [9.17, 15) is 14.2 Å². The van der Waals surface area contributed by atoms with Gasteiger partial charge in [0.2, 0.25) is 6.33 Å². The molecule has 0 aliphatic heterocycles. The predicted octanol–water partition coefficient (Wildman–Crippen LogP) is -1.20. The lowest BCUT2D eigenvalue weighted by molar-refractivity contribution is -0.693. The first-order valence-corrected chi connectivity index (χ1v) is 8.12. The van der Waals surface area contributed by atoms with Crippen LogP contribution in [0.25, 0.3) is 0 Å². The topological polar surface area (TPSA) is 144 Å². The molecule has 1 rings (SSSR count). The standard InChI is InChI=1S/C7H14N2O7P2/c1-2-8-3-4-9(6-8)5-7(10,17(11,12)13)18(14,15)16/h3-4,6,10H,2,5H2,1H3,(H3-,11,12,13,14,15,16)/p+1. The first-order valence-electron chi connectivity index (χ1n) is 4.90. The fraction of sp³-hybridized carbons (Fsp3) is 0.571. The van der Waals surface area contributed by atoms with Crippen LogP contribution >= 0.6 is 15.2 Å². The van der Waals surface area contributed by atoms with Crippen molar-refractivity contribution in [1.29, 1.82) is 0 Å². The predicted molar refractivity (Wildman–Crippen MR) is 59.3 cm³/mol. The molecule has 104 valence electrons. The summed E-state index contributed by atoms with van der Waals surface area (Å²) >= 11 is 0. The first-order chi connectivity index (χ1) is 8.01. The third-order valence-corrected chi connectivity index (χ3v) is 6.15. The van der Waals surface area contributed by atoms with E-state index in [0.717, 1.165) is 4.57 Å². The second-order valence-electron chi connectivity index (χ2n) is 3.78. The summed E-state index contributed by atoms with van der Waals surface area (Å²) in [5.41, 5.74) is 0. The number of rotatable bonds is 5. The maximum Gasteiger partial charge on any atom is 0.373 e. The molecule has 0 amide bonds. The molecule has 0 spiro atoms. The number of aliphatic hydroxyl groups is 1. The lowest BCUT2D eigenvalue weighted by Crippen LogP contribution is -2.35. The first kappa shape index (κ1) is 15.5. The minimum atomic E-state index is -5.41. The van der Waals surface area contributed by atoms with Crippen molar-refractivity contribution >= 4 is 15.2 Å². The number of aromatic nitrogens is 2. The molecule has 0 atom stereocenters. The van der Waals surface area contributed by atoms with Gasteiger partial charge in [-0.05, 0) is 6.92 Å². The van der Waals surface area contributed by atoms with Crippen molar-refractivity contribution in [1.82, 2.24) is 4.57 Å². The van der Waals surface area contributed by atoms with Gasteiger partial charge in [-0.3, -0.25) is 9.13 Å². The van der Waals surface area contributed by atoms with Crippen molar-refractivity contribution in [3.63, 3.8) is 0 Å². The molecular weight excluding hydrogens is 286 g/mol. The summed E-state index contributed by atoms with van der Waals surface area (Å²) in [5.74, 6) is 0. The van der Waals surface area contributed by atoms with Crippen molar-refractivity contribution in [3.8, 4) is 0 Å². The van der Waals surface area contributed by atoms with Crippen LogP contribution in [0.3, 0.4) is 0 Å². The van der Waals surface area contributed by atoms with E-state index in [1.54, 1.807) is 10.8 Å². The lowest BCUT2D eigenvalue weighted by Gasteiger charge is -2.27. The lowest BCUT2D eigenvalue weighted by atomic mass is 10.6. The minimum Gasteiger partial charge on any atom is -0.365 e. The minimum absolute atomic E-state index is 0.567. The Morgan fingerprint density at radius 3 is 2.06 bits per heavy atom. The van der Waals surface area contributed by atoms with Crippen LogP contribution in [0.1, 0.15) is 6.92 Å². The van der Waals surface area contributed by atoms with Crippen LogP contribution in [0.2, 0.25) is 0 Å². The monoisotopic (exact) mass is 301 g/mol. The smallest absolute Gasteiger partial charge is 0.365 e. The van der Waals surface area contributed by atoms with Crippen LogP contribution in [-0.2, 0) is 22.2 Å². The normalized spacial score (nSPS) is 13.9. The molecule has 5 N–H and O–H groups in total. The van der Waals surface area contributed by atoms with Gasteiger partial charge in [0.1, 0.15) is 18.9 Å². The highest BCUT2D eigenvalue weighted by Crippen LogP contribution is 2.67.